The number of esters is 1. The largest absolute Gasteiger partial charge is 0.423 e. The standard InChI is InChI=1S/C30H41FO2/c1-3-5-6-8-22-13-18-29(28(31)19-22)33-30(32)27-10-7-9-25-20-24(16-17-26(25)27)23-14-11-21(4-2)12-15-23/h3-5,13,18-19,21,23-27H,2,6-12,14-17,20H2,1H3/b5-3+. The smallest absolute Gasteiger partial charge is 0.314 e. The van der Waals surface area contributed by atoms with Crippen LogP contribution >= 0.6 is 0 Å². The third-order valence-corrected chi connectivity index (χ3v) is 8.85. The van der Waals surface area contributed by atoms with Gasteiger partial charge in [-0.15, -0.1) is 6.58 Å². The number of rotatable bonds is 7. The first-order valence-electron chi connectivity index (χ1n) is 13.3. The molecule has 0 amide bonds. The lowest BCUT2D eigenvalue weighted by Gasteiger charge is -2.45. The Bertz CT molecular complexity index is 836. The number of hydrogen-bond acceptors (Lipinski definition) is 2. The molecule has 3 saturated carbocycles. The number of halogens is 1. The molecule has 3 aliphatic carbocycles. The monoisotopic (exact) mass is 452 g/mol. The Morgan fingerprint density at radius 3 is 2.58 bits per heavy atom. The lowest BCUT2D eigenvalue weighted by Crippen LogP contribution is -2.40. The third kappa shape index (κ3) is 5.97. The second-order valence-corrected chi connectivity index (χ2v) is 10.7. The van der Waals surface area contributed by atoms with E-state index in [0.717, 1.165) is 49.5 Å². The van der Waals surface area contributed by atoms with Gasteiger partial charge in [0.15, 0.2) is 11.6 Å². The van der Waals surface area contributed by atoms with Crippen LogP contribution in [0.25, 0.3) is 0 Å². The molecule has 0 saturated heterocycles. The summed E-state index contributed by atoms with van der Waals surface area (Å²) in [4.78, 5) is 13.1. The van der Waals surface area contributed by atoms with Crippen molar-refractivity contribution < 1.29 is 13.9 Å². The van der Waals surface area contributed by atoms with E-state index in [1.54, 1.807) is 6.07 Å². The lowest BCUT2D eigenvalue weighted by molar-refractivity contribution is -0.144. The summed E-state index contributed by atoms with van der Waals surface area (Å²) < 4.78 is 20.3. The fraction of sp³-hybridized carbons (Fsp3) is 0.633. The molecule has 4 atom stereocenters. The van der Waals surface area contributed by atoms with Crippen LogP contribution in [0.4, 0.5) is 4.39 Å². The van der Waals surface area contributed by atoms with Crippen LogP contribution in [0.2, 0.25) is 0 Å². The minimum Gasteiger partial charge on any atom is -0.423 e. The first-order chi connectivity index (χ1) is 16.1. The summed E-state index contributed by atoms with van der Waals surface area (Å²) in [6.45, 7) is 5.97. The van der Waals surface area contributed by atoms with E-state index in [0.29, 0.717) is 17.8 Å². The minimum atomic E-state index is -0.424. The van der Waals surface area contributed by atoms with Crippen molar-refractivity contribution in [3.63, 3.8) is 0 Å². The van der Waals surface area contributed by atoms with Gasteiger partial charge in [-0.2, -0.15) is 0 Å². The molecular formula is C30H41FO2. The fourth-order valence-corrected chi connectivity index (χ4v) is 6.96. The van der Waals surface area contributed by atoms with Crippen LogP contribution in [0, 0.1) is 41.3 Å². The molecule has 2 nitrogen and oxygen atoms in total. The van der Waals surface area contributed by atoms with Gasteiger partial charge in [0, 0.05) is 0 Å². The summed E-state index contributed by atoms with van der Waals surface area (Å²) in [6, 6.07) is 5.03. The van der Waals surface area contributed by atoms with E-state index in [9.17, 15) is 9.18 Å². The van der Waals surface area contributed by atoms with Crippen molar-refractivity contribution >= 4 is 5.97 Å². The van der Waals surface area contributed by atoms with E-state index in [-0.39, 0.29) is 17.6 Å². The zero-order valence-electron chi connectivity index (χ0n) is 20.3. The van der Waals surface area contributed by atoms with Gasteiger partial charge >= 0.3 is 5.97 Å². The maximum atomic E-state index is 14.6. The zero-order valence-corrected chi connectivity index (χ0v) is 20.3. The quantitative estimate of drug-likeness (QED) is 0.237. The van der Waals surface area contributed by atoms with E-state index < -0.39 is 5.82 Å². The summed E-state index contributed by atoms with van der Waals surface area (Å²) in [7, 11) is 0. The van der Waals surface area contributed by atoms with E-state index in [4.69, 9.17) is 4.74 Å². The molecule has 0 spiro atoms. The summed E-state index contributed by atoms with van der Waals surface area (Å²) in [5, 5.41) is 0. The van der Waals surface area contributed by atoms with Crippen LogP contribution in [0.3, 0.4) is 0 Å². The number of aryl methyl sites for hydroxylation is 1. The Morgan fingerprint density at radius 2 is 1.85 bits per heavy atom. The first kappa shape index (κ1) is 24.2. The Morgan fingerprint density at radius 1 is 1.06 bits per heavy atom. The van der Waals surface area contributed by atoms with Crippen LogP contribution < -0.4 is 4.74 Å². The van der Waals surface area contributed by atoms with Crippen LogP contribution in [-0.4, -0.2) is 5.97 Å². The number of hydrogen-bond donors (Lipinski definition) is 0. The predicted molar refractivity (Wildman–Crippen MR) is 132 cm³/mol. The molecule has 180 valence electrons. The molecule has 3 fully saturated rings. The highest BCUT2D eigenvalue weighted by molar-refractivity contribution is 5.75. The normalized spacial score (nSPS) is 32.3. The molecule has 4 rings (SSSR count). The fourth-order valence-electron chi connectivity index (χ4n) is 6.96. The Kier molecular flexibility index (Phi) is 8.44. The summed E-state index contributed by atoms with van der Waals surface area (Å²) in [5.41, 5.74) is 0.934. The van der Waals surface area contributed by atoms with Crippen LogP contribution in [-0.2, 0) is 11.2 Å². The predicted octanol–water partition coefficient (Wildman–Crippen LogP) is 8.06. The Balaban J connectivity index is 1.33. The molecule has 4 unspecified atom stereocenters. The topological polar surface area (TPSA) is 26.3 Å². The molecule has 0 heterocycles. The molecule has 0 N–H and O–H groups in total. The zero-order chi connectivity index (χ0) is 23.2. The maximum Gasteiger partial charge on any atom is 0.314 e. The molecule has 0 bridgehead atoms. The van der Waals surface area contributed by atoms with Crippen LogP contribution in [0.1, 0.15) is 83.1 Å². The third-order valence-electron chi connectivity index (χ3n) is 8.85. The van der Waals surface area contributed by atoms with Crippen LogP contribution in [0.5, 0.6) is 5.75 Å². The van der Waals surface area contributed by atoms with Crippen molar-refractivity contribution in [1.82, 2.24) is 0 Å². The lowest BCUT2D eigenvalue weighted by atomic mass is 9.59. The average molecular weight is 453 g/mol. The summed E-state index contributed by atoms with van der Waals surface area (Å²) in [6.07, 6.45) is 20.0. The van der Waals surface area contributed by atoms with Gasteiger partial charge in [0.05, 0.1) is 5.92 Å². The van der Waals surface area contributed by atoms with Gasteiger partial charge in [-0.1, -0.05) is 37.1 Å². The van der Waals surface area contributed by atoms with Crippen molar-refractivity contribution in [3.8, 4) is 5.75 Å². The average Bonchev–Trinajstić information content (AvgIpc) is 2.85. The molecule has 33 heavy (non-hydrogen) atoms. The number of benzene rings is 1. The first-order valence-corrected chi connectivity index (χ1v) is 13.3. The van der Waals surface area contributed by atoms with E-state index >= 15 is 0 Å². The van der Waals surface area contributed by atoms with Crippen molar-refractivity contribution in [2.75, 3.05) is 0 Å². The van der Waals surface area contributed by atoms with Gasteiger partial charge in [0.2, 0.25) is 0 Å². The van der Waals surface area contributed by atoms with Gasteiger partial charge in [0.25, 0.3) is 0 Å². The van der Waals surface area contributed by atoms with Crippen LogP contribution in [0.15, 0.2) is 43.0 Å². The highest BCUT2D eigenvalue weighted by Gasteiger charge is 2.43. The van der Waals surface area contributed by atoms with E-state index in [1.807, 2.05) is 19.1 Å². The van der Waals surface area contributed by atoms with Crippen molar-refractivity contribution in [3.05, 3.63) is 54.4 Å². The number of carbonyl (C=O) groups is 1. The van der Waals surface area contributed by atoms with E-state index in [2.05, 4.69) is 18.7 Å². The van der Waals surface area contributed by atoms with Gasteiger partial charge < -0.3 is 4.74 Å². The maximum absolute atomic E-state index is 14.6. The number of carbonyl (C=O) groups excluding carboxylic acids is 1. The van der Waals surface area contributed by atoms with Gasteiger partial charge in [-0.05, 0) is 118 Å². The molecule has 0 aliphatic heterocycles. The molecule has 0 radical (unpaired) electrons. The Hall–Kier alpha value is -1.90. The van der Waals surface area contributed by atoms with Gasteiger partial charge in [0.1, 0.15) is 0 Å². The highest BCUT2D eigenvalue weighted by Crippen LogP contribution is 2.50. The SMILES string of the molecule is C=CC1CCC(C2CCC3C(CCCC3C(=O)Oc3ccc(CC/C=C/C)cc3F)C2)CC1. The van der Waals surface area contributed by atoms with Gasteiger partial charge in [-0.3, -0.25) is 4.79 Å². The second-order valence-electron chi connectivity index (χ2n) is 10.7. The van der Waals surface area contributed by atoms with Crippen molar-refractivity contribution in [2.45, 2.75) is 84.0 Å². The minimum absolute atomic E-state index is 0.0741. The summed E-state index contributed by atoms with van der Waals surface area (Å²) >= 11 is 0. The molecule has 3 heteroatoms. The molecule has 1 aromatic carbocycles. The van der Waals surface area contributed by atoms with Crippen molar-refractivity contribution in [1.29, 1.82) is 0 Å². The molecular weight excluding hydrogens is 411 g/mol. The van der Waals surface area contributed by atoms with Gasteiger partial charge in [-0.25, -0.2) is 4.39 Å². The van der Waals surface area contributed by atoms with E-state index in [1.165, 1.54) is 51.0 Å². The number of allylic oxidation sites excluding steroid dienone is 3. The number of fused-ring (bicyclic) bond motifs is 1. The summed E-state index contributed by atoms with van der Waals surface area (Å²) in [5.74, 6) is 2.81. The highest BCUT2D eigenvalue weighted by atomic mass is 19.1. The molecule has 0 aromatic heterocycles. The van der Waals surface area contributed by atoms with Crippen molar-refractivity contribution in [2.24, 2.45) is 35.5 Å². The molecule has 1 aromatic rings. The number of ether oxygens (including phenoxy) is 1. The molecule has 3 aliphatic rings. The Labute approximate surface area is 199 Å². The second kappa shape index (κ2) is 11.5.